The maximum Gasteiger partial charge on any atom is 0.319 e. The number of nitrogens with one attached hydrogen (secondary N) is 3. The molecule has 1 aromatic carbocycles. The monoisotopic (exact) mass is 298 g/mol. The molecule has 1 heterocycles. The number of urea groups is 1. The minimum absolute atomic E-state index is 0.153. The van der Waals surface area contributed by atoms with Gasteiger partial charge in [-0.25, -0.2) is 4.79 Å². The zero-order valence-corrected chi connectivity index (χ0v) is 12.3. The minimum Gasteiger partial charge on any atom is -0.350 e. The van der Waals surface area contributed by atoms with Gasteiger partial charge in [-0.2, -0.15) is 0 Å². The minimum atomic E-state index is -0.323. The van der Waals surface area contributed by atoms with Crippen LogP contribution < -0.4 is 16.0 Å². The number of hydrogen-bond acceptors (Lipinski definition) is 3. The number of amides is 3. The lowest BCUT2D eigenvalue weighted by atomic mass is 10.1. The van der Waals surface area contributed by atoms with Crippen LogP contribution in [0.3, 0.4) is 0 Å². The molecule has 1 aromatic heterocycles. The Balaban J connectivity index is 1.68. The van der Waals surface area contributed by atoms with E-state index < -0.39 is 0 Å². The average molecular weight is 298 g/mol. The molecule has 2 rings (SSSR count). The molecule has 0 aliphatic carbocycles. The number of anilines is 1. The summed E-state index contributed by atoms with van der Waals surface area (Å²) in [6, 6.07) is 10.4. The van der Waals surface area contributed by atoms with Gasteiger partial charge in [-0.1, -0.05) is 17.7 Å². The molecule has 6 heteroatoms. The van der Waals surface area contributed by atoms with Crippen molar-refractivity contribution in [2.45, 2.75) is 6.92 Å². The molecule has 0 saturated heterocycles. The molecule has 0 bridgehead atoms. The fraction of sp³-hybridized carbons (Fsp3) is 0.188. The second-order valence-electron chi connectivity index (χ2n) is 4.74. The Morgan fingerprint density at radius 3 is 2.50 bits per heavy atom. The van der Waals surface area contributed by atoms with Crippen LogP contribution in [0.25, 0.3) is 0 Å². The van der Waals surface area contributed by atoms with Gasteiger partial charge in [0.05, 0.1) is 0 Å². The summed E-state index contributed by atoms with van der Waals surface area (Å²) in [7, 11) is 0. The standard InChI is InChI=1S/C16H18N4O2/c1-12-3-2-4-13(11-12)15(21)18-9-10-19-16(22)20-14-5-7-17-8-6-14/h2-8,11H,9-10H2,1H3,(H,18,21)(H2,17,19,20,22). The average Bonchev–Trinajstić information content (AvgIpc) is 2.52. The van der Waals surface area contributed by atoms with Crippen molar-refractivity contribution in [3.8, 4) is 0 Å². The lowest BCUT2D eigenvalue weighted by Crippen LogP contribution is -2.36. The van der Waals surface area contributed by atoms with Gasteiger partial charge >= 0.3 is 6.03 Å². The maximum absolute atomic E-state index is 11.9. The summed E-state index contributed by atoms with van der Waals surface area (Å²) < 4.78 is 0. The smallest absolute Gasteiger partial charge is 0.319 e. The van der Waals surface area contributed by atoms with E-state index in [0.29, 0.717) is 24.3 Å². The molecular weight excluding hydrogens is 280 g/mol. The Hall–Kier alpha value is -2.89. The van der Waals surface area contributed by atoms with E-state index in [1.165, 1.54) is 0 Å². The van der Waals surface area contributed by atoms with Gasteiger partial charge in [0.1, 0.15) is 0 Å². The van der Waals surface area contributed by atoms with E-state index in [2.05, 4.69) is 20.9 Å². The molecule has 22 heavy (non-hydrogen) atoms. The Bertz CT molecular complexity index is 644. The third kappa shape index (κ3) is 4.90. The number of aryl methyl sites for hydroxylation is 1. The quantitative estimate of drug-likeness (QED) is 0.738. The van der Waals surface area contributed by atoms with Crippen molar-refractivity contribution in [1.29, 1.82) is 0 Å². The van der Waals surface area contributed by atoms with Crippen molar-refractivity contribution < 1.29 is 9.59 Å². The second-order valence-corrected chi connectivity index (χ2v) is 4.74. The van der Waals surface area contributed by atoms with Crippen molar-refractivity contribution in [3.63, 3.8) is 0 Å². The van der Waals surface area contributed by atoms with Crippen LogP contribution in [0.5, 0.6) is 0 Å². The highest BCUT2D eigenvalue weighted by Gasteiger charge is 2.05. The summed E-state index contributed by atoms with van der Waals surface area (Å²) >= 11 is 0. The lowest BCUT2D eigenvalue weighted by Gasteiger charge is -2.08. The molecule has 0 atom stereocenters. The van der Waals surface area contributed by atoms with Crippen LogP contribution in [0.15, 0.2) is 48.8 Å². The Morgan fingerprint density at radius 2 is 1.77 bits per heavy atom. The molecule has 3 N–H and O–H groups in total. The molecule has 114 valence electrons. The third-order valence-electron chi connectivity index (χ3n) is 2.91. The van der Waals surface area contributed by atoms with E-state index in [1.54, 1.807) is 30.6 Å². The molecule has 0 fully saturated rings. The molecule has 0 unspecified atom stereocenters. The molecule has 0 radical (unpaired) electrons. The predicted molar refractivity (Wildman–Crippen MR) is 84.8 cm³/mol. The van der Waals surface area contributed by atoms with E-state index >= 15 is 0 Å². The zero-order chi connectivity index (χ0) is 15.8. The SMILES string of the molecule is Cc1cccc(C(=O)NCCNC(=O)Nc2ccncc2)c1. The van der Waals surface area contributed by atoms with Gasteiger partial charge in [0.25, 0.3) is 5.91 Å². The molecule has 0 aliphatic heterocycles. The first kappa shape index (κ1) is 15.5. The Kier molecular flexibility index (Phi) is 5.48. The Morgan fingerprint density at radius 1 is 1.05 bits per heavy atom. The Labute approximate surface area is 129 Å². The van der Waals surface area contributed by atoms with Gasteiger partial charge in [0.15, 0.2) is 0 Å². The van der Waals surface area contributed by atoms with Gasteiger partial charge in [-0.15, -0.1) is 0 Å². The van der Waals surface area contributed by atoms with E-state index in [1.807, 2.05) is 25.1 Å². The van der Waals surface area contributed by atoms with Crippen molar-refractivity contribution in [1.82, 2.24) is 15.6 Å². The van der Waals surface area contributed by atoms with Crippen molar-refractivity contribution in [2.24, 2.45) is 0 Å². The fourth-order valence-electron chi connectivity index (χ4n) is 1.85. The van der Waals surface area contributed by atoms with Crippen LogP contribution in [-0.4, -0.2) is 30.0 Å². The summed E-state index contributed by atoms with van der Waals surface area (Å²) in [4.78, 5) is 27.4. The highest BCUT2D eigenvalue weighted by atomic mass is 16.2. The molecule has 0 saturated carbocycles. The van der Waals surface area contributed by atoms with E-state index in [-0.39, 0.29) is 11.9 Å². The molecule has 0 aliphatic rings. The molecule has 3 amide bonds. The van der Waals surface area contributed by atoms with Gasteiger partial charge < -0.3 is 16.0 Å². The summed E-state index contributed by atoms with van der Waals surface area (Å²) in [5, 5.41) is 8.08. The number of benzene rings is 1. The lowest BCUT2D eigenvalue weighted by molar-refractivity contribution is 0.0954. The van der Waals surface area contributed by atoms with Crippen molar-refractivity contribution in [3.05, 3.63) is 59.9 Å². The summed E-state index contributed by atoms with van der Waals surface area (Å²) in [5.41, 5.74) is 2.31. The normalized spacial score (nSPS) is 9.86. The van der Waals surface area contributed by atoms with Crippen LogP contribution in [0, 0.1) is 6.92 Å². The largest absolute Gasteiger partial charge is 0.350 e. The van der Waals surface area contributed by atoms with Crippen LogP contribution in [0.1, 0.15) is 15.9 Å². The van der Waals surface area contributed by atoms with Gasteiger partial charge in [0, 0.05) is 36.7 Å². The fourth-order valence-corrected chi connectivity index (χ4v) is 1.85. The van der Waals surface area contributed by atoms with Crippen molar-refractivity contribution >= 4 is 17.6 Å². The molecule has 0 spiro atoms. The predicted octanol–water partition coefficient (Wildman–Crippen LogP) is 1.94. The van der Waals surface area contributed by atoms with Gasteiger partial charge in [-0.05, 0) is 31.2 Å². The first-order valence-electron chi connectivity index (χ1n) is 6.95. The number of carbonyl (C=O) groups is 2. The third-order valence-corrected chi connectivity index (χ3v) is 2.91. The number of carbonyl (C=O) groups excluding carboxylic acids is 2. The summed E-state index contributed by atoms with van der Waals surface area (Å²) in [5.74, 6) is -0.153. The first-order valence-corrected chi connectivity index (χ1v) is 6.95. The van der Waals surface area contributed by atoms with Crippen LogP contribution in [0.2, 0.25) is 0 Å². The number of hydrogen-bond donors (Lipinski definition) is 3. The summed E-state index contributed by atoms with van der Waals surface area (Å²) in [6.07, 6.45) is 3.19. The number of nitrogens with zero attached hydrogens (tertiary/aromatic N) is 1. The van der Waals surface area contributed by atoms with Gasteiger partial charge in [-0.3, -0.25) is 9.78 Å². The van der Waals surface area contributed by atoms with Crippen LogP contribution >= 0.6 is 0 Å². The van der Waals surface area contributed by atoms with E-state index in [4.69, 9.17) is 0 Å². The maximum atomic E-state index is 11.9. The van der Waals surface area contributed by atoms with Crippen molar-refractivity contribution in [2.75, 3.05) is 18.4 Å². The van der Waals surface area contributed by atoms with Crippen LogP contribution in [-0.2, 0) is 0 Å². The highest BCUT2D eigenvalue weighted by molar-refractivity contribution is 5.94. The molecule has 2 aromatic rings. The topological polar surface area (TPSA) is 83.1 Å². The molecular formula is C16H18N4O2. The second kappa shape index (κ2) is 7.78. The van der Waals surface area contributed by atoms with Gasteiger partial charge in [0.2, 0.25) is 0 Å². The first-order chi connectivity index (χ1) is 10.6. The van der Waals surface area contributed by atoms with E-state index in [9.17, 15) is 9.59 Å². The number of rotatable bonds is 5. The zero-order valence-electron chi connectivity index (χ0n) is 12.3. The van der Waals surface area contributed by atoms with E-state index in [0.717, 1.165) is 5.56 Å². The van der Waals surface area contributed by atoms with Crippen LogP contribution in [0.4, 0.5) is 10.5 Å². The number of pyridine rings is 1. The number of aromatic nitrogens is 1. The summed E-state index contributed by atoms with van der Waals surface area (Å²) in [6.45, 7) is 2.63. The highest BCUT2D eigenvalue weighted by Crippen LogP contribution is 2.03. The molecule has 6 nitrogen and oxygen atoms in total.